The van der Waals surface area contributed by atoms with Crippen LogP contribution in [0.2, 0.25) is 0 Å². The minimum absolute atomic E-state index is 0.225. The molecule has 0 aliphatic carbocycles. The number of nitrogens with two attached hydrogens (primary N) is 1. The molecular formula is C14H11FINO. The van der Waals surface area contributed by atoms with E-state index < -0.39 is 5.82 Å². The van der Waals surface area contributed by atoms with Crippen LogP contribution in [0.3, 0.4) is 0 Å². The highest BCUT2D eigenvalue weighted by Crippen LogP contribution is 2.20. The first kappa shape index (κ1) is 13.0. The molecule has 0 aliphatic rings. The summed E-state index contributed by atoms with van der Waals surface area (Å²) in [5, 5.41) is 0. The minimum atomic E-state index is -0.455. The lowest BCUT2D eigenvalue weighted by Crippen LogP contribution is -2.04. The third kappa shape index (κ3) is 2.53. The maximum Gasteiger partial charge on any atom is 0.193 e. The Bertz CT molecular complexity index is 585. The van der Waals surface area contributed by atoms with Gasteiger partial charge in [0, 0.05) is 25.9 Å². The minimum Gasteiger partial charge on any atom is -0.398 e. The number of ketones is 1. The van der Waals surface area contributed by atoms with Gasteiger partial charge >= 0.3 is 0 Å². The molecule has 0 unspecified atom stereocenters. The van der Waals surface area contributed by atoms with Crippen molar-refractivity contribution in [1.29, 1.82) is 0 Å². The Hall–Kier alpha value is -1.43. The third-order valence-corrected chi connectivity index (χ3v) is 3.47. The normalized spacial score (nSPS) is 10.4. The fourth-order valence-corrected chi connectivity index (χ4v) is 1.96. The van der Waals surface area contributed by atoms with E-state index in [1.165, 1.54) is 12.1 Å². The molecule has 2 rings (SSSR count). The summed E-state index contributed by atoms with van der Waals surface area (Å²) < 4.78 is 14.6. The Kier molecular flexibility index (Phi) is 3.65. The smallest absolute Gasteiger partial charge is 0.193 e. The van der Waals surface area contributed by atoms with Gasteiger partial charge in [-0.05, 0) is 65.9 Å². The van der Waals surface area contributed by atoms with E-state index in [1.807, 2.05) is 12.1 Å². The van der Waals surface area contributed by atoms with Crippen molar-refractivity contribution < 1.29 is 9.18 Å². The molecule has 0 fully saturated rings. The van der Waals surface area contributed by atoms with Crippen molar-refractivity contribution in [2.75, 3.05) is 5.73 Å². The van der Waals surface area contributed by atoms with Crippen molar-refractivity contribution in [3.63, 3.8) is 0 Å². The number of benzene rings is 2. The third-order valence-electron chi connectivity index (χ3n) is 2.75. The predicted molar refractivity (Wildman–Crippen MR) is 78.1 cm³/mol. The van der Waals surface area contributed by atoms with Crippen LogP contribution in [0.15, 0.2) is 36.4 Å². The number of hydrogen-bond acceptors (Lipinski definition) is 2. The van der Waals surface area contributed by atoms with Gasteiger partial charge in [-0.15, -0.1) is 0 Å². The molecule has 0 heterocycles. The van der Waals surface area contributed by atoms with Crippen molar-refractivity contribution in [3.05, 3.63) is 62.5 Å². The molecule has 0 saturated carbocycles. The van der Waals surface area contributed by atoms with Gasteiger partial charge in [-0.2, -0.15) is 0 Å². The average Bonchev–Trinajstić information content (AvgIpc) is 2.35. The van der Waals surface area contributed by atoms with Crippen molar-refractivity contribution in [2.24, 2.45) is 0 Å². The van der Waals surface area contributed by atoms with E-state index in [-0.39, 0.29) is 11.3 Å². The van der Waals surface area contributed by atoms with Crippen LogP contribution in [0.1, 0.15) is 21.5 Å². The van der Waals surface area contributed by atoms with Gasteiger partial charge in [0.15, 0.2) is 5.78 Å². The summed E-state index contributed by atoms with van der Waals surface area (Å²) in [6.45, 7) is 1.59. The first-order chi connectivity index (χ1) is 8.49. The van der Waals surface area contributed by atoms with Gasteiger partial charge in [0.2, 0.25) is 0 Å². The number of carbonyl (C=O) groups excluding carboxylic acids is 1. The lowest BCUT2D eigenvalue weighted by Gasteiger charge is -2.06. The molecule has 2 N–H and O–H groups in total. The number of halogens is 2. The Labute approximate surface area is 118 Å². The van der Waals surface area contributed by atoms with Crippen molar-refractivity contribution in [1.82, 2.24) is 0 Å². The molecule has 0 saturated heterocycles. The van der Waals surface area contributed by atoms with Crippen molar-refractivity contribution in [3.8, 4) is 0 Å². The lowest BCUT2D eigenvalue weighted by atomic mass is 10.0. The summed E-state index contributed by atoms with van der Waals surface area (Å²) in [5.74, 6) is -0.680. The Balaban J connectivity index is 2.43. The van der Waals surface area contributed by atoms with Crippen LogP contribution in [0.5, 0.6) is 0 Å². The van der Waals surface area contributed by atoms with E-state index in [0.29, 0.717) is 16.8 Å². The number of carbonyl (C=O) groups is 1. The highest BCUT2D eigenvalue weighted by molar-refractivity contribution is 14.1. The maximum atomic E-state index is 13.5. The molecule has 2 aromatic carbocycles. The molecule has 0 atom stereocenters. The van der Waals surface area contributed by atoms with E-state index in [1.54, 1.807) is 19.1 Å². The monoisotopic (exact) mass is 355 g/mol. The van der Waals surface area contributed by atoms with E-state index >= 15 is 0 Å². The summed E-state index contributed by atoms with van der Waals surface area (Å²) in [6, 6.07) is 9.85. The molecule has 2 aromatic rings. The van der Waals surface area contributed by atoms with Crippen LogP contribution in [0.25, 0.3) is 0 Å². The quantitative estimate of drug-likeness (QED) is 0.509. The van der Waals surface area contributed by atoms with Crippen LogP contribution in [0, 0.1) is 16.3 Å². The highest BCUT2D eigenvalue weighted by Gasteiger charge is 2.12. The molecule has 0 bridgehead atoms. The summed E-state index contributed by atoms with van der Waals surface area (Å²) in [7, 11) is 0. The molecule has 0 aromatic heterocycles. The Morgan fingerprint density at radius 2 is 1.78 bits per heavy atom. The van der Waals surface area contributed by atoms with E-state index in [4.69, 9.17) is 5.73 Å². The molecule has 0 amide bonds. The van der Waals surface area contributed by atoms with Gasteiger partial charge in [0.05, 0.1) is 0 Å². The van der Waals surface area contributed by atoms with Crippen LogP contribution in [-0.4, -0.2) is 5.78 Å². The molecule has 0 radical (unpaired) electrons. The van der Waals surface area contributed by atoms with Crippen LogP contribution < -0.4 is 5.73 Å². The second-order valence-corrected chi connectivity index (χ2v) is 5.25. The highest BCUT2D eigenvalue weighted by atomic mass is 127. The largest absolute Gasteiger partial charge is 0.398 e. The molecule has 18 heavy (non-hydrogen) atoms. The standard InChI is InChI=1S/C14H11FINO/c1-8-12(15)6-10(7-13(8)17)14(18)9-2-4-11(16)5-3-9/h2-7H,17H2,1H3. The number of nitrogen functional groups attached to an aromatic ring is 1. The summed E-state index contributed by atoms with van der Waals surface area (Å²) >= 11 is 2.16. The second-order valence-electron chi connectivity index (χ2n) is 4.01. The van der Waals surface area contributed by atoms with Crippen molar-refractivity contribution >= 4 is 34.1 Å². The Morgan fingerprint density at radius 1 is 1.17 bits per heavy atom. The predicted octanol–water partition coefficient (Wildman–Crippen LogP) is 3.55. The van der Waals surface area contributed by atoms with E-state index in [0.717, 1.165) is 3.57 Å². The van der Waals surface area contributed by atoms with E-state index in [2.05, 4.69) is 22.6 Å². The van der Waals surface area contributed by atoms with E-state index in [9.17, 15) is 9.18 Å². The SMILES string of the molecule is Cc1c(N)cc(C(=O)c2ccc(I)cc2)cc1F. The van der Waals surface area contributed by atoms with Crippen molar-refractivity contribution in [2.45, 2.75) is 6.92 Å². The molecule has 2 nitrogen and oxygen atoms in total. The summed E-state index contributed by atoms with van der Waals surface area (Å²) in [6.07, 6.45) is 0. The molecule has 4 heteroatoms. The van der Waals surface area contributed by atoms with Crippen LogP contribution in [-0.2, 0) is 0 Å². The second kappa shape index (κ2) is 5.06. The van der Waals surface area contributed by atoms with Crippen LogP contribution >= 0.6 is 22.6 Å². The molecule has 0 aliphatic heterocycles. The van der Waals surface area contributed by atoms with Gasteiger partial charge in [0.1, 0.15) is 5.82 Å². The average molecular weight is 355 g/mol. The van der Waals surface area contributed by atoms with Gasteiger partial charge in [0.25, 0.3) is 0 Å². The molecule has 0 spiro atoms. The van der Waals surface area contributed by atoms with Gasteiger partial charge in [-0.25, -0.2) is 4.39 Å². The number of rotatable bonds is 2. The van der Waals surface area contributed by atoms with Crippen LogP contribution in [0.4, 0.5) is 10.1 Å². The zero-order valence-electron chi connectivity index (χ0n) is 9.71. The fraction of sp³-hybridized carbons (Fsp3) is 0.0714. The van der Waals surface area contributed by atoms with Gasteiger partial charge in [-0.3, -0.25) is 4.79 Å². The fourth-order valence-electron chi connectivity index (χ4n) is 1.60. The summed E-state index contributed by atoms with van der Waals surface area (Å²) in [5.41, 5.74) is 7.13. The zero-order chi connectivity index (χ0) is 13.3. The van der Waals surface area contributed by atoms with Gasteiger partial charge < -0.3 is 5.73 Å². The maximum absolute atomic E-state index is 13.5. The number of anilines is 1. The topological polar surface area (TPSA) is 43.1 Å². The first-order valence-electron chi connectivity index (χ1n) is 5.35. The Morgan fingerprint density at radius 3 is 2.33 bits per heavy atom. The summed E-state index contributed by atoms with van der Waals surface area (Å²) in [4.78, 5) is 12.1. The first-order valence-corrected chi connectivity index (χ1v) is 6.43. The van der Waals surface area contributed by atoms with Gasteiger partial charge in [-0.1, -0.05) is 0 Å². The molecule has 92 valence electrons. The zero-order valence-corrected chi connectivity index (χ0v) is 11.9. The number of hydrogen-bond donors (Lipinski definition) is 1. The molecular weight excluding hydrogens is 344 g/mol. The lowest BCUT2D eigenvalue weighted by molar-refractivity contribution is 0.103.